The number of imidazole rings is 1. The van der Waals surface area contributed by atoms with Gasteiger partial charge in [-0.1, -0.05) is 60.7 Å². The van der Waals surface area contributed by atoms with Crippen LogP contribution in [-0.2, 0) is 6.18 Å². The standard InChI is InChI=1S/C14H11F3.C7H6N2.BF4/c1-10-6-5-9-12(13(10)14(15,16)17)11-7-3-2-4-8-11;1-2-4-7-6(3-1)8-5-9-7;2-1(3,4)5/h2-9H,1H3;1-5H,(H,8,9);/q;;-1/p+1. The molecule has 0 fully saturated rings. The molecule has 1 aromatic heterocycles. The second-order valence-electron chi connectivity index (χ2n) is 6.33. The number of hydrogen-bond acceptors (Lipinski definition) is 0. The van der Waals surface area contributed by atoms with E-state index in [9.17, 15) is 30.4 Å². The molecule has 0 atom stereocenters. The molecule has 4 rings (SSSR count). The Kier molecular flexibility index (Phi) is 7.85. The number of fused-ring (bicyclic) bond motifs is 1. The van der Waals surface area contributed by atoms with Gasteiger partial charge in [-0.05, 0) is 35.7 Å². The van der Waals surface area contributed by atoms with Crippen molar-refractivity contribution in [3.8, 4) is 11.1 Å². The Labute approximate surface area is 173 Å². The summed E-state index contributed by atoms with van der Waals surface area (Å²) in [5, 5.41) is 0. The lowest BCUT2D eigenvalue weighted by Crippen LogP contribution is -2.09. The Morgan fingerprint density at radius 1 is 0.774 bits per heavy atom. The number of hydrogen-bond donors (Lipinski definition) is 1. The van der Waals surface area contributed by atoms with Crippen LogP contribution in [0.25, 0.3) is 22.2 Å². The molecule has 0 bridgehead atoms. The summed E-state index contributed by atoms with van der Waals surface area (Å²) in [4.78, 5) is 6.13. The highest BCUT2D eigenvalue weighted by atomic mass is 19.5. The van der Waals surface area contributed by atoms with Crippen LogP contribution in [0.3, 0.4) is 0 Å². The number of rotatable bonds is 1. The number of halogens is 7. The lowest BCUT2D eigenvalue weighted by atomic mass is 9.96. The number of benzene rings is 3. The van der Waals surface area contributed by atoms with Crippen molar-refractivity contribution in [3.05, 3.63) is 90.3 Å². The molecule has 0 saturated carbocycles. The van der Waals surface area contributed by atoms with Gasteiger partial charge < -0.3 is 17.3 Å². The van der Waals surface area contributed by atoms with Crippen molar-refractivity contribution in [2.24, 2.45) is 0 Å². The number of para-hydroxylation sites is 2. The molecule has 3 aromatic carbocycles. The van der Waals surface area contributed by atoms with Crippen LogP contribution in [0.4, 0.5) is 30.4 Å². The van der Waals surface area contributed by atoms with Gasteiger partial charge in [-0.2, -0.15) is 13.2 Å². The summed E-state index contributed by atoms with van der Waals surface area (Å²) < 4.78 is 78.0. The molecule has 0 unspecified atom stereocenters. The van der Waals surface area contributed by atoms with E-state index in [1.807, 2.05) is 30.6 Å². The Hall–Kier alpha value is -3.30. The quantitative estimate of drug-likeness (QED) is 0.244. The highest BCUT2D eigenvalue weighted by Gasteiger charge is 2.35. The summed E-state index contributed by atoms with van der Waals surface area (Å²) in [5.41, 5.74) is 2.82. The number of aromatic nitrogens is 2. The molecular weight excluding hydrogens is 424 g/mol. The van der Waals surface area contributed by atoms with E-state index >= 15 is 0 Å². The van der Waals surface area contributed by atoms with E-state index in [1.54, 1.807) is 36.4 Å². The zero-order valence-electron chi connectivity index (χ0n) is 16.2. The number of aryl methyl sites for hydroxylation is 1. The molecule has 0 amide bonds. The molecule has 0 saturated heterocycles. The molecule has 4 aromatic rings. The van der Waals surface area contributed by atoms with Crippen molar-refractivity contribution >= 4 is 18.3 Å². The van der Waals surface area contributed by atoms with Crippen LogP contribution >= 0.6 is 0 Å². The van der Waals surface area contributed by atoms with Gasteiger partial charge in [0.2, 0.25) is 6.33 Å². The summed E-state index contributed by atoms with van der Waals surface area (Å²) in [6.45, 7) is 1.48. The van der Waals surface area contributed by atoms with Gasteiger partial charge in [0.05, 0.1) is 5.56 Å². The van der Waals surface area contributed by atoms with Gasteiger partial charge >= 0.3 is 13.4 Å². The first-order valence-electron chi connectivity index (χ1n) is 9.00. The maximum Gasteiger partial charge on any atom is 0.673 e. The zero-order valence-corrected chi connectivity index (χ0v) is 16.2. The first-order valence-corrected chi connectivity index (χ1v) is 9.00. The van der Waals surface area contributed by atoms with Crippen molar-refractivity contribution in [1.29, 1.82) is 0 Å². The van der Waals surface area contributed by atoms with Gasteiger partial charge in [-0.15, -0.1) is 0 Å². The lowest BCUT2D eigenvalue weighted by Gasteiger charge is -2.15. The van der Waals surface area contributed by atoms with E-state index < -0.39 is 19.0 Å². The van der Waals surface area contributed by atoms with Gasteiger partial charge in [0.15, 0.2) is 11.0 Å². The third kappa shape index (κ3) is 7.80. The number of H-pyrrole nitrogens is 2. The minimum atomic E-state index is -6.00. The van der Waals surface area contributed by atoms with Crippen molar-refractivity contribution < 1.29 is 35.4 Å². The molecular formula is C21H18BF7N2. The maximum absolute atomic E-state index is 13.0. The van der Waals surface area contributed by atoms with Gasteiger partial charge in [0, 0.05) is 0 Å². The molecule has 0 aliphatic rings. The van der Waals surface area contributed by atoms with E-state index in [2.05, 4.69) is 9.97 Å². The minimum Gasteiger partial charge on any atom is -0.418 e. The summed E-state index contributed by atoms with van der Waals surface area (Å²) in [7, 11) is -6.00. The van der Waals surface area contributed by atoms with Crippen LogP contribution in [-0.4, -0.2) is 12.2 Å². The van der Waals surface area contributed by atoms with Crippen molar-refractivity contribution in [2.45, 2.75) is 13.1 Å². The monoisotopic (exact) mass is 442 g/mol. The van der Waals surface area contributed by atoms with E-state index in [4.69, 9.17) is 0 Å². The van der Waals surface area contributed by atoms with Crippen LogP contribution in [0.5, 0.6) is 0 Å². The molecule has 1 heterocycles. The Morgan fingerprint density at radius 2 is 1.35 bits per heavy atom. The van der Waals surface area contributed by atoms with Gasteiger partial charge in [0.25, 0.3) is 0 Å². The molecule has 2 nitrogen and oxygen atoms in total. The van der Waals surface area contributed by atoms with Crippen molar-refractivity contribution in [2.75, 3.05) is 0 Å². The molecule has 31 heavy (non-hydrogen) atoms. The zero-order chi connectivity index (χ0) is 23.1. The minimum absolute atomic E-state index is 0.234. The van der Waals surface area contributed by atoms with E-state index in [0.717, 1.165) is 11.0 Å². The average molecular weight is 442 g/mol. The normalized spacial score (nSPS) is 11.2. The second-order valence-corrected chi connectivity index (χ2v) is 6.33. The van der Waals surface area contributed by atoms with Crippen LogP contribution in [0, 0.1) is 6.92 Å². The Morgan fingerprint density at radius 3 is 1.94 bits per heavy atom. The van der Waals surface area contributed by atoms with Crippen LogP contribution in [0.2, 0.25) is 0 Å². The third-order valence-corrected chi connectivity index (χ3v) is 4.02. The van der Waals surface area contributed by atoms with Gasteiger partial charge in [0.1, 0.15) is 0 Å². The molecule has 164 valence electrons. The summed E-state index contributed by atoms with van der Waals surface area (Å²) in [5.74, 6) is 0. The number of alkyl halides is 3. The van der Waals surface area contributed by atoms with Crippen molar-refractivity contribution in [1.82, 2.24) is 4.98 Å². The summed E-state index contributed by atoms with van der Waals surface area (Å²) in [6.07, 6.45) is -2.50. The molecule has 0 aliphatic carbocycles. The molecule has 2 N–H and O–H groups in total. The fraction of sp³-hybridized carbons (Fsp3) is 0.0952. The van der Waals surface area contributed by atoms with E-state index in [1.165, 1.54) is 19.1 Å². The highest BCUT2D eigenvalue weighted by Crippen LogP contribution is 2.38. The molecule has 0 spiro atoms. The Balaban J connectivity index is 0.000000202. The molecule has 10 heteroatoms. The van der Waals surface area contributed by atoms with Crippen LogP contribution < -0.4 is 4.98 Å². The smallest absolute Gasteiger partial charge is 0.418 e. The largest absolute Gasteiger partial charge is 0.673 e. The molecule has 0 radical (unpaired) electrons. The summed E-state index contributed by atoms with van der Waals surface area (Å²) in [6, 6.07) is 21.3. The first kappa shape index (κ1) is 24.0. The fourth-order valence-corrected chi connectivity index (χ4v) is 2.83. The number of aromatic amines is 2. The third-order valence-electron chi connectivity index (χ3n) is 4.02. The second kappa shape index (κ2) is 10.1. The highest BCUT2D eigenvalue weighted by molar-refractivity contribution is 6.50. The lowest BCUT2D eigenvalue weighted by molar-refractivity contribution is -0.344. The van der Waals surface area contributed by atoms with Crippen molar-refractivity contribution in [3.63, 3.8) is 0 Å². The predicted molar refractivity (Wildman–Crippen MR) is 107 cm³/mol. The fourth-order valence-electron chi connectivity index (χ4n) is 2.83. The summed E-state index contributed by atoms with van der Waals surface area (Å²) >= 11 is 0. The topological polar surface area (TPSA) is 29.9 Å². The Bertz CT molecular complexity index is 1050. The van der Waals surface area contributed by atoms with Gasteiger partial charge in [-0.25, -0.2) is 9.97 Å². The van der Waals surface area contributed by atoms with Crippen LogP contribution in [0.15, 0.2) is 79.1 Å². The maximum atomic E-state index is 13.0. The van der Waals surface area contributed by atoms with Crippen LogP contribution in [0.1, 0.15) is 11.1 Å². The predicted octanol–water partition coefficient (Wildman–Crippen LogP) is 6.96. The number of nitrogens with one attached hydrogen (secondary N) is 2. The average Bonchev–Trinajstić information content (AvgIpc) is 3.15. The van der Waals surface area contributed by atoms with Gasteiger partial charge in [-0.3, -0.25) is 0 Å². The first-order chi connectivity index (χ1) is 14.5. The molecule has 0 aliphatic heterocycles. The van der Waals surface area contributed by atoms with E-state index in [0.29, 0.717) is 5.56 Å². The SMILES string of the molecule is Cc1cccc(-c2ccccc2)c1C(F)(F)F.F[B-](F)(F)F.c1ccc2[nH+]c[nH]c2c1. The van der Waals surface area contributed by atoms with E-state index in [-0.39, 0.29) is 11.1 Å².